The Kier molecular flexibility index (Phi) is 4.69. The summed E-state index contributed by atoms with van der Waals surface area (Å²) in [5.41, 5.74) is 0.878. The standard InChI is InChI=1S/C11H16OS2/c1-4-8(2)14-7-11(12)10-5-9(3)13-6-10/h5-6,8H,4,7H2,1-3H3. The second kappa shape index (κ2) is 5.56. The van der Waals surface area contributed by atoms with E-state index in [4.69, 9.17) is 0 Å². The number of hydrogen-bond acceptors (Lipinski definition) is 3. The highest BCUT2D eigenvalue weighted by molar-refractivity contribution is 8.00. The van der Waals surface area contributed by atoms with Crippen LogP contribution in [0.5, 0.6) is 0 Å². The largest absolute Gasteiger partial charge is 0.293 e. The van der Waals surface area contributed by atoms with Gasteiger partial charge in [0, 0.05) is 21.1 Å². The van der Waals surface area contributed by atoms with Gasteiger partial charge in [0.1, 0.15) is 0 Å². The maximum atomic E-state index is 11.7. The number of thioether (sulfide) groups is 1. The predicted octanol–water partition coefficient (Wildman–Crippen LogP) is 3.77. The molecule has 0 aliphatic carbocycles. The lowest BCUT2D eigenvalue weighted by Gasteiger charge is -2.05. The highest BCUT2D eigenvalue weighted by Gasteiger charge is 2.09. The van der Waals surface area contributed by atoms with Gasteiger partial charge < -0.3 is 0 Å². The van der Waals surface area contributed by atoms with Gasteiger partial charge in [0.15, 0.2) is 5.78 Å². The predicted molar refractivity (Wildman–Crippen MR) is 65.6 cm³/mol. The number of thiophene rings is 1. The smallest absolute Gasteiger partial charge is 0.173 e. The molecule has 0 radical (unpaired) electrons. The highest BCUT2D eigenvalue weighted by Crippen LogP contribution is 2.18. The minimum atomic E-state index is 0.264. The molecule has 0 aliphatic rings. The maximum absolute atomic E-state index is 11.7. The van der Waals surface area contributed by atoms with Gasteiger partial charge in [0.2, 0.25) is 0 Å². The summed E-state index contributed by atoms with van der Waals surface area (Å²) in [7, 11) is 0. The molecule has 0 fully saturated rings. The van der Waals surface area contributed by atoms with Crippen molar-refractivity contribution in [1.82, 2.24) is 0 Å². The molecule has 0 aromatic carbocycles. The summed E-state index contributed by atoms with van der Waals surface area (Å²) in [4.78, 5) is 12.9. The van der Waals surface area contributed by atoms with Gasteiger partial charge in [-0.25, -0.2) is 0 Å². The fourth-order valence-corrected chi connectivity index (χ4v) is 2.55. The van der Waals surface area contributed by atoms with Crippen LogP contribution in [0.1, 0.15) is 35.5 Å². The van der Waals surface area contributed by atoms with E-state index in [1.807, 2.05) is 18.4 Å². The van der Waals surface area contributed by atoms with Gasteiger partial charge in [-0.2, -0.15) is 11.8 Å². The number of carbonyl (C=O) groups excluding carboxylic acids is 1. The number of hydrogen-bond donors (Lipinski definition) is 0. The molecule has 1 atom stereocenters. The Hall–Kier alpha value is -0.280. The van der Waals surface area contributed by atoms with E-state index in [-0.39, 0.29) is 5.78 Å². The van der Waals surface area contributed by atoms with Crippen molar-refractivity contribution in [2.45, 2.75) is 32.4 Å². The molecule has 1 aromatic heterocycles. The summed E-state index contributed by atoms with van der Waals surface area (Å²) in [6, 6.07) is 1.98. The van der Waals surface area contributed by atoms with E-state index in [1.165, 1.54) is 4.88 Å². The van der Waals surface area contributed by atoms with Crippen molar-refractivity contribution in [3.8, 4) is 0 Å². The van der Waals surface area contributed by atoms with Gasteiger partial charge in [0.25, 0.3) is 0 Å². The third kappa shape index (κ3) is 3.46. The summed E-state index contributed by atoms with van der Waals surface area (Å²) in [6.45, 7) is 6.34. The minimum absolute atomic E-state index is 0.264. The quantitative estimate of drug-likeness (QED) is 0.714. The van der Waals surface area contributed by atoms with Crippen LogP contribution < -0.4 is 0 Å². The topological polar surface area (TPSA) is 17.1 Å². The monoisotopic (exact) mass is 228 g/mol. The molecule has 1 nitrogen and oxygen atoms in total. The van der Waals surface area contributed by atoms with E-state index in [1.54, 1.807) is 23.1 Å². The fourth-order valence-electron chi connectivity index (χ4n) is 1.01. The molecule has 0 saturated heterocycles. The summed E-state index contributed by atoms with van der Waals surface area (Å²) in [5, 5.41) is 2.54. The van der Waals surface area contributed by atoms with Crippen molar-refractivity contribution in [3.05, 3.63) is 21.9 Å². The zero-order valence-corrected chi connectivity index (χ0v) is 10.5. The number of carbonyl (C=O) groups is 1. The molecule has 78 valence electrons. The molecule has 1 rings (SSSR count). The Labute approximate surface area is 93.9 Å². The average molecular weight is 228 g/mol. The molecule has 0 spiro atoms. The van der Waals surface area contributed by atoms with E-state index < -0.39 is 0 Å². The normalized spacial score (nSPS) is 12.8. The summed E-state index contributed by atoms with van der Waals surface area (Å²) >= 11 is 3.39. The molecule has 0 N–H and O–H groups in total. The van der Waals surface area contributed by atoms with Crippen LogP contribution in [-0.2, 0) is 0 Å². The van der Waals surface area contributed by atoms with E-state index >= 15 is 0 Å². The molecule has 1 heterocycles. The van der Waals surface area contributed by atoms with Crippen LogP contribution in [0.25, 0.3) is 0 Å². The van der Waals surface area contributed by atoms with Crippen molar-refractivity contribution in [2.75, 3.05) is 5.75 Å². The number of rotatable bonds is 5. The van der Waals surface area contributed by atoms with Gasteiger partial charge >= 0.3 is 0 Å². The van der Waals surface area contributed by atoms with Crippen LogP contribution in [0.3, 0.4) is 0 Å². The number of ketones is 1. The third-order valence-corrected chi connectivity index (χ3v) is 4.32. The number of Topliss-reactive ketones (excluding diaryl/α,β-unsaturated/α-hetero) is 1. The Morgan fingerprint density at radius 3 is 2.86 bits per heavy atom. The first-order chi connectivity index (χ1) is 6.63. The van der Waals surface area contributed by atoms with Crippen LogP contribution in [0.15, 0.2) is 11.4 Å². The second-order valence-electron chi connectivity index (χ2n) is 3.40. The van der Waals surface area contributed by atoms with Crippen LogP contribution in [0.2, 0.25) is 0 Å². The third-order valence-electron chi connectivity index (χ3n) is 2.13. The minimum Gasteiger partial charge on any atom is -0.293 e. The maximum Gasteiger partial charge on any atom is 0.173 e. The van der Waals surface area contributed by atoms with Crippen molar-refractivity contribution >= 4 is 28.9 Å². The van der Waals surface area contributed by atoms with E-state index in [0.29, 0.717) is 11.0 Å². The zero-order chi connectivity index (χ0) is 10.6. The van der Waals surface area contributed by atoms with Crippen LogP contribution in [-0.4, -0.2) is 16.8 Å². The first-order valence-corrected chi connectivity index (χ1v) is 6.76. The lowest BCUT2D eigenvalue weighted by Crippen LogP contribution is -2.04. The Bertz CT molecular complexity index is 304. The van der Waals surface area contributed by atoms with E-state index in [2.05, 4.69) is 13.8 Å². The van der Waals surface area contributed by atoms with Gasteiger partial charge in [0.05, 0.1) is 5.75 Å². The summed E-state index contributed by atoms with van der Waals surface area (Å²) in [5.74, 6) is 0.880. The van der Waals surface area contributed by atoms with E-state index in [9.17, 15) is 4.79 Å². The first kappa shape index (κ1) is 11.8. The molecular formula is C11H16OS2. The van der Waals surface area contributed by atoms with Gasteiger partial charge in [-0.3, -0.25) is 4.79 Å². The van der Waals surface area contributed by atoms with E-state index in [0.717, 1.165) is 12.0 Å². The summed E-state index contributed by atoms with van der Waals surface area (Å²) in [6.07, 6.45) is 1.13. The zero-order valence-electron chi connectivity index (χ0n) is 8.87. The Morgan fingerprint density at radius 2 is 2.36 bits per heavy atom. The van der Waals surface area contributed by atoms with Crippen molar-refractivity contribution in [2.24, 2.45) is 0 Å². The Balaban J connectivity index is 2.43. The molecule has 3 heteroatoms. The molecule has 0 aliphatic heterocycles. The average Bonchev–Trinajstić information content (AvgIpc) is 2.60. The number of aryl methyl sites for hydroxylation is 1. The molecular weight excluding hydrogens is 212 g/mol. The molecule has 0 saturated carbocycles. The van der Waals surface area contributed by atoms with Gasteiger partial charge in [-0.05, 0) is 19.4 Å². The lowest BCUT2D eigenvalue weighted by molar-refractivity contribution is 0.102. The lowest BCUT2D eigenvalue weighted by atomic mass is 10.2. The van der Waals surface area contributed by atoms with Gasteiger partial charge in [-0.1, -0.05) is 13.8 Å². The second-order valence-corrected chi connectivity index (χ2v) is 5.94. The van der Waals surface area contributed by atoms with Crippen molar-refractivity contribution in [1.29, 1.82) is 0 Å². The molecule has 1 aromatic rings. The highest BCUT2D eigenvalue weighted by atomic mass is 32.2. The Morgan fingerprint density at radius 1 is 1.64 bits per heavy atom. The molecule has 1 unspecified atom stereocenters. The van der Waals surface area contributed by atoms with Crippen LogP contribution in [0, 0.1) is 6.92 Å². The van der Waals surface area contributed by atoms with Crippen LogP contribution >= 0.6 is 23.1 Å². The fraction of sp³-hybridized carbons (Fsp3) is 0.545. The summed E-state index contributed by atoms with van der Waals surface area (Å²) < 4.78 is 0. The first-order valence-electron chi connectivity index (χ1n) is 4.83. The van der Waals surface area contributed by atoms with Crippen molar-refractivity contribution < 1.29 is 4.79 Å². The van der Waals surface area contributed by atoms with Gasteiger partial charge in [-0.15, -0.1) is 11.3 Å². The molecule has 0 bridgehead atoms. The molecule has 14 heavy (non-hydrogen) atoms. The van der Waals surface area contributed by atoms with Crippen LogP contribution in [0.4, 0.5) is 0 Å². The molecule has 0 amide bonds. The van der Waals surface area contributed by atoms with Crippen molar-refractivity contribution in [3.63, 3.8) is 0 Å². The SMILES string of the molecule is CCC(C)SCC(=O)c1csc(C)c1.